The molecule has 2 saturated heterocycles. The van der Waals surface area contributed by atoms with E-state index in [9.17, 15) is 33.6 Å². The standard InChI is InChI=1S/C41H44N8O7/c1-23-28-11-14-33(44-37(28)36(26-5-3-4-6-26)41(56)48(23)24(2)50)43-32-13-9-27(22-42-32)46-17-19-47(20-18-46)35(52)16-8-25-7-10-29-30(21-25)40(55)49(39(29)54)31-12-15-34(51)45-38(31)53/h7,9-11,13-14,21-23,26,31,36H,3-6,8,12,15-20H2,1-2H3,(H,42,43,44)(H,45,51,53). The highest BCUT2D eigenvalue weighted by Crippen LogP contribution is 2.45. The summed E-state index contributed by atoms with van der Waals surface area (Å²) in [6, 6.07) is 11.2. The molecule has 3 aromatic rings. The van der Waals surface area contributed by atoms with Gasteiger partial charge in [0.15, 0.2) is 0 Å². The van der Waals surface area contributed by atoms with Crippen molar-refractivity contribution in [1.29, 1.82) is 0 Å². The lowest BCUT2D eigenvalue weighted by Gasteiger charge is -2.39. The smallest absolute Gasteiger partial charge is 0.262 e. The van der Waals surface area contributed by atoms with Crippen molar-refractivity contribution in [3.05, 3.63) is 76.6 Å². The molecule has 6 heterocycles. The van der Waals surface area contributed by atoms with E-state index < -0.39 is 35.6 Å². The summed E-state index contributed by atoms with van der Waals surface area (Å²) in [5.41, 5.74) is 3.73. The van der Waals surface area contributed by atoms with Crippen molar-refractivity contribution in [3.8, 4) is 0 Å². The topological polar surface area (TPSA) is 182 Å². The van der Waals surface area contributed by atoms with E-state index in [-0.39, 0.29) is 60.1 Å². The van der Waals surface area contributed by atoms with Gasteiger partial charge >= 0.3 is 0 Å². The molecule has 3 atom stereocenters. The van der Waals surface area contributed by atoms with Crippen LogP contribution in [0.1, 0.15) is 108 Å². The van der Waals surface area contributed by atoms with Gasteiger partial charge < -0.3 is 15.1 Å². The Morgan fingerprint density at radius 3 is 2.30 bits per heavy atom. The van der Waals surface area contributed by atoms with Crippen LogP contribution in [0, 0.1) is 5.92 Å². The fourth-order valence-corrected chi connectivity index (χ4v) is 8.97. The molecule has 3 fully saturated rings. The van der Waals surface area contributed by atoms with Crippen LogP contribution in [0.3, 0.4) is 0 Å². The Balaban J connectivity index is 0.850. The van der Waals surface area contributed by atoms with Crippen molar-refractivity contribution in [2.75, 3.05) is 36.4 Å². The molecule has 3 unspecified atom stereocenters. The number of aryl methyl sites for hydroxylation is 1. The Labute approximate surface area is 323 Å². The SMILES string of the molecule is CC(=O)N1C(=O)C(C2CCCC2)c2nc(Nc3ccc(N4CCN(C(=O)CCc5ccc6c(c5)C(=O)N(C5CCC(=O)NC5=O)C6=O)CC4)cn3)ccc2C1C. The maximum absolute atomic E-state index is 13.6. The van der Waals surface area contributed by atoms with E-state index in [0.29, 0.717) is 44.2 Å². The number of pyridine rings is 2. The molecular weight excluding hydrogens is 716 g/mol. The van der Waals surface area contributed by atoms with Crippen LogP contribution in [0.4, 0.5) is 17.3 Å². The third-order valence-corrected chi connectivity index (χ3v) is 11.9. The Morgan fingerprint density at radius 2 is 1.61 bits per heavy atom. The Bertz CT molecular complexity index is 2140. The molecule has 1 saturated carbocycles. The molecule has 56 heavy (non-hydrogen) atoms. The van der Waals surface area contributed by atoms with Crippen LogP contribution in [0.2, 0.25) is 0 Å². The summed E-state index contributed by atoms with van der Waals surface area (Å²) in [4.78, 5) is 105. The van der Waals surface area contributed by atoms with Crippen molar-refractivity contribution < 1.29 is 33.6 Å². The molecule has 2 aromatic heterocycles. The summed E-state index contributed by atoms with van der Waals surface area (Å²) >= 11 is 0. The second kappa shape index (κ2) is 14.9. The molecule has 0 radical (unpaired) electrons. The first-order valence-corrected chi connectivity index (χ1v) is 19.4. The fraction of sp³-hybridized carbons (Fsp3) is 0.439. The van der Waals surface area contributed by atoms with E-state index in [1.54, 1.807) is 24.4 Å². The van der Waals surface area contributed by atoms with E-state index in [1.807, 2.05) is 36.1 Å². The van der Waals surface area contributed by atoms with Crippen LogP contribution >= 0.6 is 0 Å². The number of fused-ring (bicyclic) bond motifs is 2. The summed E-state index contributed by atoms with van der Waals surface area (Å²) in [7, 11) is 0. The average Bonchev–Trinajstić information content (AvgIpc) is 3.80. The Kier molecular flexibility index (Phi) is 9.85. The maximum Gasteiger partial charge on any atom is 0.262 e. The first kappa shape index (κ1) is 37.0. The summed E-state index contributed by atoms with van der Waals surface area (Å²) < 4.78 is 0. The number of benzene rings is 1. The number of piperidine rings is 1. The molecule has 7 amide bonds. The van der Waals surface area contributed by atoms with Gasteiger partial charge in [0.25, 0.3) is 11.8 Å². The lowest BCUT2D eigenvalue weighted by Crippen LogP contribution is -2.54. The zero-order valence-electron chi connectivity index (χ0n) is 31.5. The van der Waals surface area contributed by atoms with Crippen LogP contribution < -0.4 is 15.5 Å². The van der Waals surface area contributed by atoms with Gasteiger partial charge in [0.05, 0.1) is 40.7 Å². The molecule has 1 aromatic carbocycles. The number of hydrogen-bond acceptors (Lipinski definition) is 11. The van der Waals surface area contributed by atoms with E-state index in [0.717, 1.165) is 53.1 Å². The predicted octanol–water partition coefficient (Wildman–Crippen LogP) is 3.63. The van der Waals surface area contributed by atoms with Crippen molar-refractivity contribution in [2.45, 2.75) is 83.2 Å². The van der Waals surface area contributed by atoms with Crippen molar-refractivity contribution in [2.24, 2.45) is 5.92 Å². The van der Waals surface area contributed by atoms with Crippen LogP contribution in [-0.2, 0) is 30.4 Å². The molecule has 290 valence electrons. The van der Waals surface area contributed by atoms with Crippen LogP contribution in [-0.4, -0.2) is 98.2 Å². The number of carbonyl (C=O) groups excluding carboxylic acids is 7. The first-order valence-electron chi connectivity index (χ1n) is 19.4. The minimum atomic E-state index is -1.03. The van der Waals surface area contributed by atoms with E-state index in [1.165, 1.54) is 11.8 Å². The summed E-state index contributed by atoms with van der Waals surface area (Å²) in [5, 5.41) is 5.50. The number of hydrogen-bond donors (Lipinski definition) is 2. The molecule has 5 aliphatic rings. The quantitative estimate of drug-likeness (QED) is 0.320. The summed E-state index contributed by atoms with van der Waals surface area (Å²) in [6.45, 7) is 5.66. The third-order valence-electron chi connectivity index (χ3n) is 11.9. The lowest BCUT2D eigenvalue weighted by molar-refractivity contribution is -0.149. The van der Waals surface area contributed by atoms with Gasteiger partial charge in [-0.1, -0.05) is 25.0 Å². The van der Waals surface area contributed by atoms with Gasteiger partial charge in [0, 0.05) is 45.9 Å². The zero-order chi connectivity index (χ0) is 39.2. The molecular formula is C41H44N8O7. The number of carbonyl (C=O) groups is 7. The van der Waals surface area contributed by atoms with Gasteiger partial charge in [0.1, 0.15) is 17.7 Å². The molecule has 0 bridgehead atoms. The molecule has 15 nitrogen and oxygen atoms in total. The number of amides is 7. The summed E-state index contributed by atoms with van der Waals surface area (Å²) in [5.74, 6) is -1.70. The predicted molar refractivity (Wildman–Crippen MR) is 203 cm³/mol. The van der Waals surface area contributed by atoms with E-state index >= 15 is 0 Å². The molecule has 2 N–H and O–H groups in total. The van der Waals surface area contributed by atoms with Gasteiger partial charge in [-0.25, -0.2) is 9.97 Å². The van der Waals surface area contributed by atoms with Crippen LogP contribution in [0.15, 0.2) is 48.7 Å². The number of rotatable bonds is 8. The second-order valence-corrected chi connectivity index (χ2v) is 15.3. The lowest BCUT2D eigenvalue weighted by atomic mass is 9.80. The summed E-state index contributed by atoms with van der Waals surface area (Å²) in [6.07, 6.45) is 6.58. The number of anilines is 3. The zero-order valence-corrected chi connectivity index (χ0v) is 31.5. The van der Waals surface area contributed by atoms with Gasteiger partial charge in [0.2, 0.25) is 29.5 Å². The van der Waals surface area contributed by atoms with Gasteiger partial charge in [-0.15, -0.1) is 0 Å². The van der Waals surface area contributed by atoms with E-state index in [2.05, 4.69) is 20.5 Å². The highest BCUT2D eigenvalue weighted by molar-refractivity contribution is 6.23. The van der Waals surface area contributed by atoms with Gasteiger partial charge in [-0.3, -0.25) is 48.7 Å². The van der Waals surface area contributed by atoms with Crippen molar-refractivity contribution in [1.82, 2.24) is 30.0 Å². The van der Waals surface area contributed by atoms with Crippen LogP contribution in [0.5, 0.6) is 0 Å². The minimum Gasteiger partial charge on any atom is -0.367 e. The Morgan fingerprint density at radius 1 is 0.875 bits per heavy atom. The molecule has 8 rings (SSSR count). The number of nitrogens with one attached hydrogen (secondary N) is 2. The monoisotopic (exact) mass is 760 g/mol. The molecule has 4 aliphatic heterocycles. The number of imide groups is 3. The first-order chi connectivity index (χ1) is 27.0. The third kappa shape index (κ3) is 6.79. The molecule has 15 heteroatoms. The van der Waals surface area contributed by atoms with Gasteiger partial charge in [-0.05, 0) is 80.0 Å². The van der Waals surface area contributed by atoms with Crippen molar-refractivity contribution >= 4 is 58.7 Å². The second-order valence-electron chi connectivity index (χ2n) is 15.3. The Hall–Kier alpha value is -5.99. The highest BCUT2D eigenvalue weighted by atomic mass is 16.2. The average molecular weight is 761 g/mol. The minimum absolute atomic E-state index is 0.00629. The maximum atomic E-state index is 13.6. The normalized spacial score (nSPS) is 22.7. The number of aromatic nitrogens is 2. The largest absolute Gasteiger partial charge is 0.367 e. The van der Waals surface area contributed by atoms with E-state index in [4.69, 9.17) is 4.98 Å². The highest BCUT2D eigenvalue weighted by Gasteiger charge is 2.46. The van der Waals surface area contributed by atoms with Crippen LogP contribution in [0.25, 0.3) is 0 Å². The molecule has 0 spiro atoms. The number of nitrogens with zero attached hydrogens (tertiary/aromatic N) is 6. The van der Waals surface area contributed by atoms with Crippen molar-refractivity contribution in [3.63, 3.8) is 0 Å². The fourth-order valence-electron chi connectivity index (χ4n) is 8.97. The molecule has 1 aliphatic carbocycles. The van der Waals surface area contributed by atoms with Gasteiger partial charge in [-0.2, -0.15) is 0 Å². The number of piperazine rings is 1.